The lowest BCUT2D eigenvalue weighted by Crippen LogP contribution is -2.21. The molecule has 1 aromatic heterocycles. The Morgan fingerprint density at radius 1 is 1.09 bits per heavy atom. The number of benzene rings is 4. The molecular weight excluding hydrogens is 593 g/mol. The average molecular weight is 624 g/mol. The van der Waals surface area contributed by atoms with Crippen LogP contribution in [-0.4, -0.2) is 40.4 Å². The SMILES string of the molecule is COc1cc(C)c(-c2nc3ccccc3c(=O)n2N=Cc2cc([N+](=O)[O-])ccc2OCC(=O)Nc2ccc(F)cc2)cc1C(C)C. The number of hydrogen-bond donors (Lipinski definition) is 1. The molecule has 0 saturated carbocycles. The number of ether oxygens (including phenoxy) is 2. The first-order valence-electron chi connectivity index (χ1n) is 14.3. The van der Waals surface area contributed by atoms with Crippen molar-refractivity contribution in [3.05, 3.63) is 122 Å². The topological polar surface area (TPSA) is 138 Å². The Morgan fingerprint density at radius 3 is 2.52 bits per heavy atom. The van der Waals surface area contributed by atoms with E-state index in [1.165, 1.54) is 48.7 Å². The summed E-state index contributed by atoms with van der Waals surface area (Å²) in [4.78, 5) is 42.2. The minimum atomic E-state index is -0.578. The first-order chi connectivity index (χ1) is 22.0. The van der Waals surface area contributed by atoms with Crippen molar-refractivity contribution in [1.29, 1.82) is 0 Å². The first kappa shape index (κ1) is 31.5. The van der Waals surface area contributed by atoms with E-state index in [1.807, 2.05) is 32.9 Å². The summed E-state index contributed by atoms with van der Waals surface area (Å²) in [5.74, 6) is 0.180. The smallest absolute Gasteiger partial charge is 0.282 e. The van der Waals surface area contributed by atoms with Crippen LogP contribution in [0, 0.1) is 22.9 Å². The number of aromatic nitrogens is 2. The molecule has 0 unspecified atom stereocenters. The van der Waals surface area contributed by atoms with Crippen molar-refractivity contribution >= 4 is 34.4 Å². The molecule has 11 nitrogen and oxygen atoms in total. The molecule has 0 aliphatic carbocycles. The number of halogens is 1. The number of rotatable bonds is 10. The van der Waals surface area contributed by atoms with Gasteiger partial charge in [-0.1, -0.05) is 26.0 Å². The third-order valence-electron chi connectivity index (χ3n) is 7.20. The van der Waals surface area contributed by atoms with E-state index in [0.717, 1.165) is 15.8 Å². The van der Waals surface area contributed by atoms with E-state index >= 15 is 0 Å². The summed E-state index contributed by atoms with van der Waals surface area (Å²) in [5, 5.41) is 19.0. The lowest BCUT2D eigenvalue weighted by atomic mass is 9.96. The standard InChI is InChI=1S/C34H30FN5O6/c1-20(2)27-17-28(21(3)15-31(27)45-4)33-38-29-8-6-5-7-26(29)34(42)39(33)36-18-22-16-25(40(43)44)13-14-30(22)46-19-32(41)37-24-11-9-23(35)10-12-24/h5-18,20H,19H2,1-4H3,(H,37,41). The molecule has 0 aliphatic heterocycles. The van der Waals surface area contributed by atoms with Gasteiger partial charge in [-0.05, 0) is 78.6 Å². The van der Waals surface area contributed by atoms with E-state index in [-0.39, 0.29) is 28.7 Å². The number of aryl methyl sites for hydroxylation is 1. The Morgan fingerprint density at radius 2 is 1.83 bits per heavy atom. The molecule has 0 radical (unpaired) electrons. The average Bonchev–Trinajstić information content (AvgIpc) is 3.04. The number of amides is 1. The van der Waals surface area contributed by atoms with Crippen LogP contribution in [0.5, 0.6) is 11.5 Å². The van der Waals surface area contributed by atoms with E-state index in [2.05, 4.69) is 10.4 Å². The summed E-state index contributed by atoms with van der Waals surface area (Å²) < 4.78 is 25.7. The maximum Gasteiger partial charge on any atom is 0.282 e. The first-order valence-corrected chi connectivity index (χ1v) is 14.3. The number of nitrogens with one attached hydrogen (secondary N) is 1. The summed E-state index contributed by atoms with van der Waals surface area (Å²) in [6.45, 7) is 5.47. The Balaban J connectivity index is 1.58. The monoisotopic (exact) mass is 623 g/mol. The second kappa shape index (κ2) is 13.4. The van der Waals surface area contributed by atoms with Crippen molar-refractivity contribution in [3.63, 3.8) is 0 Å². The molecule has 4 aromatic carbocycles. The summed E-state index contributed by atoms with van der Waals surface area (Å²) >= 11 is 0. The van der Waals surface area contributed by atoms with E-state index in [4.69, 9.17) is 14.5 Å². The number of nitro benzene ring substituents is 1. The van der Waals surface area contributed by atoms with Gasteiger partial charge in [0, 0.05) is 28.9 Å². The van der Waals surface area contributed by atoms with Crippen molar-refractivity contribution < 1.29 is 23.6 Å². The molecule has 234 valence electrons. The quantitative estimate of drug-likeness (QED) is 0.107. The Kier molecular flexibility index (Phi) is 9.17. The van der Waals surface area contributed by atoms with Crippen LogP contribution in [0.25, 0.3) is 22.3 Å². The van der Waals surface area contributed by atoms with Crippen molar-refractivity contribution in [3.8, 4) is 22.9 Å². The highest BCUT2D eigenvalue weighted by atomic mass is 19.1. The molecule has 46 heavy (non-hydrogen) atoms. The van der Waals surface area contributed by atoms with Crippen LogP contribution in [-0.2, 0) is 4.79 Å². The molecule has 0 spiro atoms. The van der Waals surface area contributed by atoms with E-state index < -0.39 is 28.8 Å². The van der Waals surface area contributed by atoms with Crippen LogP contribution in [0.15, 0.2) is 88.8 Å². The largest absolute Gasteiger partial charge is 0.496 e. The second-order valence-corrected chi connectivity index (χ2v) is 10.7. The Bertz CT molecular complexity index is 2040. The van der Waals surface area contributed by atoms with Gasteiger partial charge in [0.25, 0.3) is 17.2 Å². The predicted octanol–water partition coefficient (Wildman–Crippen LogP) is 6.45. The number of hydrogen-bond acceptors (Lipinski definition) is 8. The molecule has 1 amide bonds. The van der Waals surface area contributed by atoms with Gasteiger partial charge in [0.1, 0.15) is 17.3 Å². The number of carbonyl (C=O) groups excluding carboxylic acids is 1. The van der Waals surface area contributed by atoms with E-state index in [0.29, 0.717) is 27.9 Å². The van der Waals surface area contributed by atoms with Crippen LogP contribution in [0.4, 0.5) is 15.8 Å². The number of fused-ring (bicyclic) bond motifs is 1. The zero-order valence-corrected chi connectivity index (χ0v) is 25.5. The molecule has 0 fully saturated rings. The zero-order chi connectivity index (χ0) is 33.0. The third kappa shape index (κ3) is 6.75. The van der Waals surface area contributed by atoms with Gasteiger partial charge in [0.2, 0.25) is 0 Å². The summed E-state index contributed by atoms with van der Waals surface area (Å²) in [6.07, 6.45) is 1.25. The lowest BCUT2D eigenvalue weighted by molar-refractivity contribution is -0.384. The molecule has 1 N–H and O–H groups in total. The van der Waals surface area contributed by atoms with Crippen LogP contribution in [0.1, 0.15) is 36.5 Å². The third-order valence-corrected chi connectivity index (χ3v) is 7.20. The number of non-ortho nitro benzene ring substituents is 1. The zero-order valence-electron chi connectivity index (χ0n) is 25.5. The van der Waals surface area contributed by atoms with Gasteiger partial charge >= 0.3 is 0 Å². The molecule has 0 bridgehead atoms. The number of methoxy groups -OCH3 is 1. The minimum Gasteiger partial charge on any atom is -0.496 e. The number of nitrogens with zero attached hydrogens (tertiary/aromatic N) is 4. The van der Waals surface area contributed by atoms with E-state index in [9.17, 15) is 24.1 Å². The maximum absolute atomic E-state index is 13.8. The van der Waals surface area contributed by atoms with Crippen LogP contribution >= 0.6 is 0 Å². The highest BCUT2D eigenvalue weighted by Gasteiger charge is 2.19. The van der Waals surface area contributed by atoms with Crippen LogP contribution in [0.2, 0.25) is 0 Å². The van der Waals surface area contributed by atoms with Gasteiger partial charge in [-0.3, -0.25) is 19.7 Å². The molecule has 5 aromatic rings. The van der Waals surface area contributed by atoms with Crippen LogP contribution in [0.3, 0.4) is 0 Å². The fourth-order valence-electron chi connectivity index (χ4n) is 4.85. The number of para-hydroxylation sites is 1. The lowest BCUT2D eigenvalue weighted by Gasteiger charge is -2.17. The normalized spacial score (nSPS) is 11.3. The summed E-state index contributed by atoms with van der Waals surface area (Å²) in [6, 6.07) is 19.7. The Labute approximate surface area is 263 Å². The van der Waals surface area contributed by atoms with E-state index in [1.54, 1.807) is 31.4 Å². The number of carbonyl (C=O) groups is 1. The van der Waals surface area contributed by atoms with Gasteiger partial charge in [-0.2, -0.15) is 9.78 Å². The van der Waals surface area contributed by atoms with Crippen LogP contribution < -0.4 is 20.3 Å². The fourth-order valence-corrected chi connectivity index (χ4v) is 4.85. The van der Waals surface area contributed by atoms with Gasteiger partial charge < -0.3 is 14.8 Å². The minimum absolute atomic E-state index is 0.100. The van der Waals surface area contributed by atoms with Gasteiger partial charge in [0.15, 0.2) is 12.4 Å². The van der Waals surface area contributed by atoms with Gasteiger partial charge in [0.05, 0.1) is 29.2 Å². The van der Waals surface area contributed by atoms with Gasteiger partial charge in [-0.15, -0.1) is 0 Å². The molecule has 0 atom stereocenters. The molecule has 1 heterocycles. The Hall–Kier alpha value is -5.91. The van der Waals surface area contributed by atoms with Crippen molar-refractivity contribution in [2.75, 3.05) is 19.0 Å². The van der Waals surface area contributed by atoms with Crippen molar-refractivity contribution in [2.45, 2.75) is 26.7 Å². The number of nitro groups is 1. The van der Waals surface area contributed by atoms with Crippen molar-refractivity contribution in [1.82, 2.24) is 9.66 Å². The van der Waals surface area contributed by atoms with Gasteiger partial charge in [-0.25, -0.2) is 9.37 Å². The molecule has 0 aliphatic rings. The number of anilines is 1. The highest BCUT2D eigenvalue weighted by molar-refractivity contribution is 5.92. The second-order valence-electron chi connectivity index (χ2n) is 10.7. The van der Waals surface area contributed by atoms with Crippen molar-refractivity contribution in [2.24, 2.45) is 5.10 Å². The summed E-state index contributed by atoms with van der Waals surface area (Å²) in [7, 11) is 1.60. The maximum atomic E-state index is 13.8. The summed E-state index contributed by atoms with van der Waals surface area (Å²) in [5.41, 5.74) is 2.63. The molecule has 12 heteroatoms. The molecule has 0 saturated heterocycles. The molecular formula is C34H30FN5O6. The highest BCUT2D eigenvalue weighted by Crippen LogP contribution is 2.34. The fraction of sp³-hybridized carbons (Fsp3) is 0.176. The molecule has 5 rings (SSSR count). The predicted molar refractivity (Wildman–Crippen MR) is 173 cm³/mol.